The Labute approximate surface area is 250 Å². The van der Waals surface area contributed by atoms with Gasteiger partial charge in [0.15, 0.2) is 0 Å². The highest BCUT2D eigenvalue weighted by molar-refractivity contribution is 6.14. The number of anilines is 2. The molecular weight excluding hydrogens is 539 g/mol. The van der Waals surface area contributed by atoms with Gasteiger partial charge in [-0.2, -0.15) is 0 Å². The van der Waals surface area contributed by atoms with Gasteiger partial charge in [0.25, 0.3) is 0 Å². The number of aliphatic hydroxyl groups is 1. The maximum atomic E-state index is 15.5. The van der Waals surface area contributed by atoms with Crippen molar-refractivity contribution in [1.29, 1.82) is 5.41 Å². The number of nitrogens with one attached hydrogen (secondary N) is 2. The molecule has 1 aliphatic rings. The van der Waals surface area contributed by atoms with Crippen molar-refractivity contribution in [2.24, 2.45) is 0 Å². The summed E-state index contributed by atoms with van der Waals surface area (Å²) in [6, 6.07) is 36.8. The van der Waals surface area contributed by atoms with Gasteiger partial charge in [-0.05, 0) is 41.0 Å². The minimum Gasteiger partial charge on any atom is -0.392 e. The summed E-state index contributed by atoms with van der Waals surface area (Å²) < 4.78 is 21.0. The number of benzene rings is 4. The van der Waals surface area contributed by atoms with Gasteiger partial charge in [0.05, 0.1) is 25.5 Å². The lowest BCUT2D eigenvalue weighted by atomic mass is 9.76. The van der Waals surface area contributed by atoms with Crippen LogP contribution in [0.5, 0.6) is 0 Å². The van der Waals surface area contributed by atoms with E-state index in [9.17, 15) is 10.5 Å². The summed E-state index contributed by atoms with van der Waals surface area (Å²) >= 11 is 0. The molecule has 6 rings (SSSR count). The standard InChI is InChI=1S/C36H33FN4O2/c37-32-24-33(31(22-27(32)25-42)35(38)26-16-17-39-34(23-26)41-18-20-43-21-19-41)40-36(28-10-4-1-5-11-28,29-12-6-2-7-13-29)30-14-8-3-9-15-30/h1-17,22-24,38,40,42H,18-21,25H2. The van der Waals surface area contributed by atoms with Gasteiger partial charge in [-0.25, -0.2) is 9.37 Å². The number of hydrogen-bond acceptors (Lipinski definition) is 6. The van der Waals surface area contributed by atoms with Crippen molar-refractivity contribution < 1.29 is 14.2 Å². The Hall–Kier alpha value is -4.85. The summed E-state index contributed by atoms with van der Waals surface area (Å²) in [6.45, 7) is 2.19. The number of nitrogens with zero attached hydrogens (tertiary/aromatic N) is 2. The van der Waals surface area contributed by atoms with Crippen LogP contribution in [-0.2, 0) is 16.9 Å². The Balaban J connectivity index is 1.53. The highest BCUT2D eigenvalue weighted by atomic mass is 19.1. The molecule has 0 atom stereocenters. The number of aliphatic hydroxyl groups excluding tert-OH is 1. The molecule has 0 bridgehead atoms. The van der Waals surface area contributed by atoms with Crippen LogP contribution in [0.15, 0.2) is 121 Å². The quantitative estimate of drug-likeness (QED) is 0.141. The minimum absolute atomic E-state index is 0.123. The predicted molar refractivity (Wildman–Crippen MR) is 168 cm³/mol. The zero-order valence-electron chi connectivity index (χ0n) is 23.7. The number of morpholine rings is 1. The summed E-state index contributed by atoms with van der Waals surface area (Å²) in [7, 11) is 0. The third-order valence-electron chi connectivity index (χ3n) is 7.94. The average Bonchev–Trinajstić information content (AvgIpc) is 3.08. The zero-order chi connectivity index (χ0) is 29.6. The predicted octanol–water partition coefficient (Wildman–Crippen LogP) is 6.37. The van der Waals surface area contributed by atoms with Gasteiger partial charge in [-0.1, -0.05) is 91.0 Å². The first-order valence-electron chi connectivity index (χ1n) is 14.4. The van der Waals surface area contributed by atoms with Gasteiger partial charge in [0.2, 0.25) is 0 Å². The Bertz CT molecular complexity index is 1590. The number of rotatable bonds is 9. The van der Waals surface area contributed by atoms with Gasteiger partial charge in [-0.3, -0.25) is 5.41 Å². The Morgan fingerprint density at radius 2 is 1.40 bits per heavy atom. The fourth-order valence-corrected chi connectivity index (χ4v) is 5.73. The number of pyridine rings is 1. The molecule has 0 aliphatic carbocycles. The molecule has 1 aliphatic heterocycles. The van der Waals surface area contributed by atoms with Gasteiger partial charge < -0.3 is 20.1 Å². The molecule has 0 amide bonds. The molecule has 7 heteroatoms. The Morgan fingerprint density at radius 1 is 0.837 bits per heavy atom. The molecule has 0 radical (unpaired) electrons. The van der Waals surface area contributed by atoms with Crippen molar-refractivity contribution in [2.45, 2.75) is 12.1 Å². The van der Waals surface area contributed by atoms with Crippen molar-refractivity contribution in [2.75, 3.05) is 36.5 Å². The lowest BCUT2D eigenvalue weighted by molar-refractivity contribution is 0.122. The summed E-state index contributed by atoms with van der Waals surface area (Å²) in [5.74, 6) is 0.213. The molecule has 43 heavy (non-hydrogen) atoms. The summed E-state index contributed by atoms with van der Waals surface area (Å²) in [5.41, 5.74) is 3.79. The molecule has 0 unspecified atom stereocenters. The molecule has 216 valence electrons. The molecule has 3 N–H and O–H groups in total. The molecule has 1 fully saturated rings. The van der Waals surface area contributed by atoms with Crippen LogP contribution in [0.3, 0.4) is 0 Å². The van der Waals surface area contributed by atoms with E-state index < -0.39 is 18.0 Å². The second-order valence-electron chi connectivity index (χ2n) is 10.5. The van der Waals surface area contributed by atoms with Gasteiger partial charge in [0.1, 0.15) is 17.2 Å². The van der Waals surface area contributed by atoms with Crippen LogP contribution in [-0.4, -0.2) is 42.1 Å². The van der Waals surface area contributed by atoms with Gasteiger partial charge in [0, 0.05) is 41.7 Å². The zero-order valence-corrected chi connectivity index (χ0v) is 23.7. The molecule has 2 heterocycles. The molecular formula is C36H33FN4O2. The first kappa shape index (κ1) is 28.3. The minimum atomic E-state index is -0.927. The SMILES string of the molecule is N=C(c1ccnc(N2CCOCC2)c1)c1cc(CO)c(F)cc1NC(c1ccccc1)(c1ccccc1)c1ccccc1. The Morgan fingerprint density at radius 3 is 1.93 bits per heavy atom. The van der Waals surface area contributed by atoms with E-state index in [1.807, 2.05) is 97.1 Å². The van der Waals surface area contributed by atoms with E-state index in [-0.39, 0.29) is 11.3 Å². The molecule has 1 saturated heterocycles. The maximum Gasteiger partial charge on any atom is 0.130 e. The van der Waals surface area contributed by atoms with E-state index >= 15 is 4.39 Å². The van der Waals surface area contributed by atoms with Gasteiger partial charge in [-0.15, -0.1) is 0 Å². The lowest BCUT2D eigenvalue weighted by Gasteiger charge is -2.38. The monoisotopic (exact) mass is 572 g/mol. The van der Waals surface area contributed by atoms with Crippen LogP contribution < -0.4 is 10.2 Å². The largest absolute Gasteiger partial charge is 0.392 e. The summed E-state index contributed by atoms with van der Waals surface area (Å²) in [5, 5.41) is 23.1. The van der Waals surface area contributed by atoms with E-state index in [1.165, 1.54) is 6.07 Å². The molecule has 4 aromatic carbocycles. The van der Waals surface area contributed by atoms with Crippen LogP contribution >= 0.6 is 0 Å². The van der Waals surface area contributed by atoms with E-state index in [0.29, 0.717) is 30.0 Å². The summed E-state index contributed by atoms with van der Waals surface area (Å²) in [6.07, 6.45) is 1.69. The van der Waals surface area contributed by atoms with Crippen molar-refractivity contribution in [3.05, 3.63) is 161 Å². The molecule has 0 saturated carbocycles. The fraction of sp³-hybridized carbons (Fsp3) is 0.167. The highest BCUT2D eigenvalue weighted by Crippen LogP contribution is 2.41. The maximum absolute atomic E-state index is 15.5. The first-order valence-corrected chi connectivity index (χ1v) is 14.4. The smallest absolute Gasteiger partial charge is 0.130 e. The molecule has 5 aromatic rings. The second-order valence-corrected chi connectivity index (χ2v) is 10.5. The van der Waals surface area contributed by atoms with Crippen LogP contribution in [0.2, 0.25) is 0 Å². The van der Waals surface area contributed by atoms with E-state index in [0.717, 1.165) is 35.6 Å². The van der Waals surface area contributed by atoms with Crippen molar-refractivity contribution >= 4 is 17.2 Å². The highest BCUT2D eigenvalue weighted by Gasteiger charge is 2.37. The van der Waals surface area contributed by atoms with E-state index in [2.05, 4.69) is 15.2 Å². The Kier molecular flexibility index (Phi) is 8.27. The molecule has 1 aromatic heterocycles. The van der Waals surface area contributed by atoms with E-state index in [4.69, 9.17) is 4.74 Å². The number of ether oxygens (including phenoxy) is 1. The van der Waals surface area contributed by atoms with Crippen LogP contribution in [0.1, 0.15) is 33.4 Å². The van der Waals surface area contributed by atoms with Crippen LogP contribution in [0.4, 0.5) is 15.9 Å². The number of halogens is 1. The number of aromatic nitrogens is 1. The third-order valence-corrected chi connectivity index (χ3v) is 7.94. The average molecular weight is 573 g/mol. The van der Waals surface area contributed by atoms with Crippen LogP contribution in [0, 0.1) is 11.2 Å². The third kappa shape index (κ3) is 5.65. The van der Waals surface area contributed by atoms with Crippen molar-refractivity contribution in [3.63, 3.8) is 0 Å². The molecule has 6 nitrogen and oxygen atoms in total. The van der Waals surface area contributed by atoms with Crippen molar-refractivity contribution in [1.82, 2.24) is 4.98 Å². The topological polar surface area (TPSA) is 81.5 Å². The summed E-state index contributed by atoms with van der Waals surface area (Å²) in [4.78, 5) is 6.68. The van der Waals surface area contributed by atoms with Gasteiger partial charge >= 0.3 is 0 Å². The molecule has 0 spiro atoms. The fourth-order valence-electron chi connectivity index (χ4n) is 5.73. The first-order chi connectivity index (χ1) is 21.1. The normalized spacial score (nSPS) is 13.5. The number of hydrogen-bond donors (Lipinski definition) is 3. The lowest BCUT2D eigenvalue weighted by Crippen LogP contribution is -2.38. The van der Waals surface area contributed by atoms with E-state index in [1.54, 1.807) is 18.3 Å². The second kappa shape index (κ2) is 12.6. The van der Waals surface area contributed by atoms with Crippen LogP contribution in [0.25, 0.3) is 0 Å². The van der Waals surface area contributed by atoms with Crippen molar-refractivity contribution in [3.8, 4) is 0 Å².